The summed E-state index contributed by atoms with van der Waals surface area (Å²) in [5.41, 5.74) is 0. The van der Waals surface area contributed by atoms with E-state index in [1.165, 1.54) is 12.8 Å². The molecule has 1 aliphatic carbocycles. The van der Waals surface area contributed by atoms with E-state index in [2.05, 4.69) is 15.9 Å². The highest BCUT2D eigenvalue weighted by Gasteiger charge is 2.39. The van der Waals surface area contributed by atoms with E-state index in [-0.39, 0.29) is 17.7 Å². The molecule has 2 fully saturated rings. The monoisotopic (exact) mass is 384 g/mol. The van der Waals surface area contributed by atoms with E-state index in [4.69, 9.17) is 0 Å². The van der Waals surface area contributed by atoms with Crippen LogP contribution in [0.2, 0.25) is 0 Å². The van der Waals surface area contributed by atoms with Crippen LogP contribution in [0.25, 0.3) is 0 Å². The normalized spacial score (nSPS) is 22.5. The molecule has 120 valence electrons. The molecule has 22 heavy (non-hydrogen) atoms. The summed E-state index contributed by atoms with van der Waals surface area (Å²) in [6.07, 6.45) is 5.01. The minimum Gasteiger partial charge on any atom is -0.340 e. The lowest BCUT2D eigenvalue weighted by atomic mass is 10.1. The molecule has 0 aromatic carbocycles. The fourth-order valence-corrected chi connectivity index (χ4v) is 5.03. The summed E-state index contributed by atoms with van der Waals surface area (Å²) in [5, 5.41) is 2.02. The Kier molecular flexibility index (Phi) is 4.88. The Morgan fingerprint density at radius 3 is 2.82 bits per heavy atom. The highest BCUT2D eigenvalue weighted by Crippen LogP contribution is 2.30. The number of rotatable bonds is 4. The van der Waals surface area contributed by atoms with Gasteiger partial charge in [-0.15, -0.1) is 11.3 Å². The average molecular weight is 385 g/mol. The van der Waals surface area contributed by atoms with Gasteiger partial charge in [-0.25, -0.2) is 0 Å². The van der Waals surface area contributed by atoms with Gasteiger partial charge in [-0.3, -0.25) is 9.59 Å². The first kappa shape index (κ1) is 16.0. The number of hydrogen-bond donors (Lipinski definition) is 0. The van der Waals surface area contributed by atoms with Gasteiger partial charge in [0.15, 0.2) is 0 Å². The number of halogens is 1. The van der Waals surface area contributed by atoms with Crippen LogP contribution in [-0.4, -0.2) is 41.2 Å². The first-order valence-electron chi connectivity index (χ1n) is 7.82. The number of likely N-dealkylation sites (tertiary alicyclic amines) is 1. The quantitative estimate of drug-likeness (QED) is 0.798. The second-order valence-corrected chi connectivity index (χ2v) is 8.22. The van der Waals surface area contributed by atoms with Gasteiger partial charge in [-0.05, 0) is 34.8 Å². The van der Waals surface area contributed by atoms with Gasteiger partial charge in [-0.1, -0.05) is 12.8 Å². The van der Waals surface area contributed by atoms with Crippen LogP contribution in [0, 0.1) is 5.92 Å². The van der Waals surface area contributed by atoms with Crippen LogP contribution in [-0.2, 0) is 16.1 Å². The zero-order valence-corrected chi connectivity index (χ0v) is 15.2. The lowest BCUT2D eigenvalue weighted by molar-refractivity contribution is -0.135. The molecule has 2 aliphatic rings. The van der Waals surface area contributed by atoms with Crippen LogP contribution in [0.3, 0.4) is 0 Å². The Morgan fingerprint density at radius 2 is 2.18 bits per heavy atom. The summed E-state index contributed by atoms with van der Waals surface area (Å²) >= 11 is 5.08. The first-order valence-corrected chi connectivity index (χ1v) is 9.49. The molecular weight excluding hydrogens is 364 g/mol. The van der Waals surface area contributed by atoms with Gasteiger partial charge in [0.25, 0.3) is 0 Å². The van der Waals surface area contributed by atoms with Gasteiger partial charge >= 0.3 is 0 Å². The topological polar surface area (TPSA) is 40.6 Å². The summed E-state index contributed by atoms with van der Waals surface area (Å²) in [6.45, 7) is 1.23. The highest BCUT2D eigenvalue weighted by molar-refractivity contribution is 9.10. The molecule has 1 aromatic heterocycles. The maximum Gasteiger partial charge on any atom is 0.228 e. The number of carbonyl (C=O) groups excluding carboxylic acids is 2. The molecule has 6 heteroatoms. The Hall–Kier alpha value is -0.880. The van der Waals surface area contributed by atoms with Crippen molar-refractivity contribution in [3.8, 4) is 0 Å². The molecule has 0 N–H and O–H groups in total. The van der Waals surface area contributed by atoms with Crippen molar-refractivity contribution in [1.82, 2.24) is 9.80 Å². The SMILES string of the molecule is CN(Cc1cc(Br)cs1)C(=O)C1CC(=O)N(C2CCCC2)C1. The van der Waals surface area contributed by atoms with Crippen LogP contribution in [0.1, 0.15) is 37.0 Å². The summed E-state index contributed by atoms with van der Waals surface area (Å²) in [6, 6.07) is 2.42. The zero-order valence-electron chi connectivity index (χ0n) is 12.8. The lowest BCUT2D eigenvalue weighted by Gasteiger charge is -2.25. The van der Waals surface area contributed by atoms with Gasteiger partial charge in [-0.2, -0.15) is 0 Å². The molecule has 1 saturated carbocycles. The summed E-state index contributed by atoms with van der Waals surface area (Å²) in [7, 11) is 1.83. The molecule has 0 bridgehead atoms. The summed E-state index contributed by atoms with van der Waals surface area (Å²) < 4.78 is 1.05. The predicted octanol–water partition coefficient (Wildman–Crippen LogP) is 3.26. The first-order chi connectivity index (χ1) is 10.5. The fraction of sp³-hybridized carbons (Fsp3) is 0.625. The second kappa shape index (κ2) is 6.71. The van der Waals surface area contributed by atoms with E-state index >= 15 is 0 Å². The Bertz CT molecular complexity index is 568. The smallest absolute Gasteiger partial charge is 0.228 e. The van der Waals surface area contributed by atoms with Crippen LogP contribution >= 0.6 is 27.3 Å². The van der Waals surface area contributed by atoms with Crippen molar-refractivity contribution in [3.05, 3.63) is 20.8 Å². The van der Waals surface area contributed by atoms with E-state index in [0.29, 0.717) is 25.6 Å². The minimum absolute atomic E-state index is 0.0957. The maximum absolute atomic E-state index is 12.6. The van der Waals surface area contributed by atoms with E-state index in [1.54, 1.807) is 16.2 Å². The predicted molar refractivity (Wildman–Crippen MR) is 90.6 cm³/mol. The molecule has 2 amide bonds. The molecule has 1 aliphatic heterocycles. The van der Waals surface area contributed by atoms with E-state index < -0.39 is 0 Å². The molecule has 0 radical (unpaired) electrons. The molecular formula is C16H21BrN2O2S. The summed E-state index contributed by atoms with van der Waals surface area (Å²) in [5.74, 6) is 0.0948. The second-order valence-electron chi connectivity index (χ2n) is 6.31. The molecule has 4 nitrogen and oxygen atoms in total. The van der Waals surface area contributed by atoms with Crippen molar-refractivity contribution in [2.45, 2.75) is 44.7 Å². The third-order valence-corrected chi connectivity index (χ3v) is 6.35. The molecule has 1 unspecified atom stereocenters. The zero-order chi connectivity index (χ0) is 15.7. The molecule has 2 heterocycles. The van der Waals surface area contributed by atoms with E-state index in [9.17, 15) is 9.59 Å². The Balaban J connectivity index is 1.59. The number of nitrogens with zero attached hydrogens (tertiary/aromatic N) is 2. The van der Waals surface area contributed by atoms with Crippen molar-refractivity contribution in [1.29, 1.82) is 0 Å². The number of amides is 2. The lowest BCUT2D eigenvalue weighted by Crippen LogP contribution is -2.37. The molecule has 1 saturated heterocycles. The van der Waals surface area contributed by atoms with Gasteiger partial charge in [0.2, 0.25) is 11.8 Å². The van der Waals surface area contributed by atoms with Gasteiger partial charge in [0, 0.05) is 40.8 Å². The third-order valence-electron chi connectivity index (χ3n) is 4.66. The van der Waals surface area contributed by atoms with E-state index in [1.807, 2.05) is 23.4 Å². The third kappa shape index (κ3) is 3.38. The van der Waals surface area contributed by atoms with Crippen molar-refractivity contribution < 1.29 is 9.59 Å². The molecule has 1 aromatic rings. The largest absolute Gasteiger partial charge is 0.340 e. The van der Waals surface area contributed by atoms with Crippen molar-refractivity contribution in [3.63, 3.8) is 0 Å². The van der Waals surface area contributed by atoms with Crippen molar-refractivity contribution in [2.24, 2.45) is 5.92 Å². The maximum atomic E-state index is 12.6. The van der Waals surface area contributed by atoms with Gasteiger partial charge in [0.05, 0.1) is 12.5 Å². The van der Waals surface area contributed by atoms with Gasteiger partial charge < -0.3 is 9.80 Å². The standard InChI is InChI=1S/C16H21BrN2O2S/c1-18(9-14-7-12(17)10-22-14)16(21)11-6-15(20)19(8-11)13-4-2-3-5-13/h7,10-11,13H,2-6,8-9H2,1H3. The number of carbonyl (C=O) groups is 2. The highest BCUT2D eigenvalue weighted by atomic mass is 79.9. The van der Waals surface area contributed by atoms with Crippen molar-refractivity contribution >= 4 is 39.1 Å². The molecule has 0 spiro atoms. The van der Waals surface area contributed by atoms with Crippen LogP contribution in [0.15, 0.2) is 15.9 Å². The number of thiophene rings is 1. The molecule has 1 atom stereocenters. The average Bonchev–Trinajstić information content (AvgIpc) is 3.19. The van der Waals surface area contributed by atoms with E-state index in [0.717, 1.165) is 22.2 Å². The van der Waals surface area contributed by atoms with Crippen molar-refractivity contribution in [2.75, 3.05) is 13.6 Å². The van der Waals surface area contributed by atoms with Gasteiger partial charge in [0.1, 0.15) is 0 Å². The summed E-state index contributed by atoms with van der Waals surface area (Å²) in [4.78, 5) is 29.7. The fourth-order valence-electron chi connectivity index (χ4n) is 3.53. The van der Waals surface area contributed by atoms with Crippen LogP contribution in [0.5, 0.6) is 0 Å². The molecule has 3 rings (SSSR count). The number of hydrogen-bond acceptors (Lipinski definition) is 3. The van der Waals surface area contributed by atoms with Crippen LogP contribution < -0.4 is 0 Å². The minimum atomic E-state index is -0.165. The Morgan fingerprint density at radius 1 is 1.45 bits per heavy atom. The van der Waals surface area contributed by atoms with Crippen LogP contribution in [0.4, 0.5) is 0 Å². The Labute approximate surface area is 143 Å².